The largest absolute Gasteiger partial charge is 0.376 e. The summed E-state index contributed by atoms with van der Waals surface area (Å²) in [5.41, 5.74) is 0.508. The first-order chi connectivity index (χ1) is 8.63. The predicted octanol–water partition coefficient (Wildman–Crippen LogP) is 3.08. The summed E-state index contributed by atoms with van der Waals surface area (Å²) in [6.07, 6.45) is 4.64. The van der Waals surface area contributed by atoms with Crippen LogP contribution in [0.5, 0.6) is 0 Å². The maximum atomic E-state index is 13.3. The number of pyridine rings is 1. The number of aromatic nitrogens is 1. The Morgan fingerprint density at radius 1 is 1.33 bits per heavy atom. The molecule has 0 aliphatic rings. The van der Waals surface area contributed by atoms with Crippen LogP contribution in [0.15, 0.2) is 18.5 Å². The predicted molar refractivity (Wildman–Crippen MR) is 70.9 cm³/mol. The van der Waals surface area contributed by atoms with Gasteiger partial charge < -0.3 is 10.1 Å². The van der Waals surface area contributed by atoms with Crippen molar-refractivity contribution in [1.29, 1.82) is 0 Å². The van der Waals surface area contributed by atoms with Crippen molar-refractivity contribution in [1.82, 2.24) is 10.3 Å². The molecule has 0 aromatic carbocycles. The van der Waals surface area contributed by atoms with Crippen LogP contribution >= 0.6 is 0 Å². The molecule has 1 heterocycles. The zero-order valence-corrected chi connectivity index (χ0v) is 11.7. The number of ether oxygens (including phenoxy) is 1. The summed E-state index contributed by atoms with van der Waals surface area (Å²) in [5, 5.41) is 3.39. The van der Waals surface area contributed by atoms with E-state index in [0.717, 1.165) is 24.9 Å². The van der Waals surface area contributed by atoms with Gasteiger partial charge in [-0.25, -0.2) is 4.39 Å². The van der Waals surface area contributed by atoms with Gasteiger partial charge in [0.25, 0.3) is 0 Å². The second-order valence-electron chi connectivity index (χ2n) is 4.40. The molecule has 0 amide bonds. The fourth-order valence-corrected chi connectivity index (χ4v) is 2.46. The highest BCUT2D eigenvalue weighted by molar-refractivity contribution is 5.19. The Kier molecular flexibility index (Phi) is 5.69. The van der Waals surface area contributed by atoms with Crippen LogP contribution in [0.2, 0.25) is 0 Å². The van der Waals surface area contributed by atoms with E-state index in [2.05, 4.69) is 24.1 Å². The van der Waals surface area contributed by atoms with E-state index in [-0.39, 0.29) is 17.5 Å². The molecule has 4 heteroatoms. The molecule has 0 saturated heterocycles. The third-order valence-electron chi connectivity index (χ3n) is 3.60. The SMILES string of the molecule is CCNC(c1cncc(F)c1)C(CC)(CC)OC. The maximum Gasteiger partial charge on any atom is 0.141 e. The molecule has 18 heavy (non-hydrogen) atoms. The van der Waals surface area contributed by atoms with Gasteiger partial charge in [0, 0.05) is 13.3 Å². The Hall–Kier alpha value is -1.00. The quantitative estimate of drug-likeness (QED) is 0.812. The van der Waals surface area contributed by atoms with Gasteiger partial charge in [-0.2, -0.15) is 0 Å². The monoisotopic (exact) mass is 254 g/mol. The smallest absolute Gasteiger partial charge is 0.141 e. The third-order valence-corrected chi connectivity index (χ3v) is 3.60. The van der Waals surface area contributed by atoms with Crippen LogP contribution in [-0.4, -0.2) is 24.2 Å². The lowest BCUT2D eigenvalue weighted by molar-refractivity contribution is -0.0483. The van der Waals surface area contributed by atoms with Crippen LogP contribution in [-0.2, 0) is 4.74 Å². The summed E-state index contributed by atoms with van der Waals surface area (Å²) < 4.78 is 19.1. The van der Waals surface area contributed by atoms with Gasteiger partial charge in [0.05, 0.1) is 17.8 Å². The van der Waals surface area contributed by atoms with Gasteiger partial charge in [-0.05, 0) is 31.0 Å². The molecule has 0 fully saturated rings. The van der Waals surface area contributed by atoms with Crippen LogP contribution < -0.4 is 5.32 Å². The minimum Gasteiger partial charge on any atom is -0.376 e. The van der Waals surface area contributed by atoms with Crippen LogP contribution in [0.25, 0.3) is 0 Å². The highest BCUT2D eigenvalue weighted by Crippen LogP contribution is 2.34. The zero-order chi connectivity index (χ0) is 13.6. The first-order valence-corrected chi connectivity index (χ1v) is 6.52. The Labute approximate surface area is 109 Å². The Bertz CT molecular complexity index is 358. The average Bonchev–Trinajstić information content (AvgIpc) is 2.40. The highest BCUT2D eigenvalue weighted by Gasteiger charge is 2.36. The van der Waals surface area contributed by atoms with Gasteiger partial charge in [-0.3, -0.25) is 4.98 Å². The molecule has 0 radical (unpaired) electrons. The number of rotatable bonds is 7. The van der Waals surface area contributed by atoms with Gasteiger partial charge in [0.15, 0.2) is 0 Å². The number of likely N-dealkylation sites (N-methyl/N-ethyl adjacent to an activating group) is 1. The first kappa shape index (κ1) is 15.1. The molecule has 1 unspecified atom stereocenters. The van der Waals surface area contributed by atoms with Crippen LogP contribution in [0.4, 0.5) is 4.39 Å². The topological polar surface area (TPSA) is 34.2 Å². The molecule has 1 rings (SSSR count). The van der Waals surface area contributed by atoms with Gasteiger partial charge in [0.2, 0.25) is 0 Å². The number of nitrogens with zero attached hydrogens (tertiary/aromatic N) is 1. The molecule has 1 atom stereocenters. The van der Waals surface area contributed by atoms with Crippen molar-refractivity contribution in [2.24, 2.45) is 0 Å². The van der Waals surface area contributed by atoms with E-state index in [4.69, 9.17) is 4.74 Å². The lowest BCUT2D eigenvalue weighted by Crippen LogP contribution is -2.45. The lowest BCUT2D eigenvalue weighted by atomic mass is 9.84. The highest BCUT2D eigenvalue weighted by atomic mass is 19.1. The standard InChI is InChI=1S/C14H23FN2O/c1-5-14(6-2,18-4)13(17-7-3)11-8-12(15)10-16-9-11/h8-10,13,17H,5-7H2,1-4H3. The number of halogens is 1. The van der Waals surface area contributed by atoms with Gasteiger partial charge in [0.1, 0.15) is 5.82 Å². The summed E-state index contributed by atoms with van der Waals surface area (Å²) in [5.74, 6) is -0.312. The Balaban J connectivity index is 3.15. The summed E-state index contributed by atoms with van der Waals surface area (Å²) in [6, 6.07) is 1.48. The fraction of sp³-hybridized carbons (Fsp3) is 0.643. The van der Waals surface area contributed by atoms with Crippen molar-refractivity contribution in [3.05, 3.63) is 29.8 Å². The molecule has 1 aromatic rings. The van der Waals surface area contributed by atoms with Crippen molar-refractivity contribution in [3.8, 4) is 0 Å². The van der Waals surface area contributed by atoms with E-state index in [1.165, 1.54) is 12.3 Å². The summed E-state index contributed by atoms with van der Waals surface area (Å²) in [7, 11) is 1.71. The molecule has 0 aliphatic heterocycles. The van der Waals surface area contributed by atoms with Crippen LogP contribution in [0.1, 0.15) is 45.2 Å². The Morgan fingerprint density at radius 2 is 2.00 bits per heavy atom. The molecule has 1 N–H and O–H groups in total. The van der Waals surface area contributed by atoms with Crippen molar-refractivity contribution in [2.45, 2.75) is 45.3 Å². The van der Waals surface area contributed by atoms with E-state index in [1.54, 1.807) is 13.3 Å². The van der Waals surface area contributed by atoms with Gasteiger partial charge in [-0.15, -0.1) is 0 Å². The second kappa shape index (κ2) is 6.81. The summed E-state index contributed by atoms with van der Waals surface area (Å²) in [6.45, 7) is 7.01. The molecular formula is C14H23FN2O. The van der Waals surface area contributed by atoms with E-state index in [0.29, 0.717) is 0 Å². The van der Waals surface area contributed by atoms with E-state index in [1.807, 2.05) is 6.92 Å². The number of methoxy groups -OCH3 is 1. The number of hydrogen-bond donors (Lipinski definition) is 1. The number of hydrogen-bond acceptors (Lipinski definition) is 3. The minimum atomic E-state index is -0.328. The van der Waals surface area contributed by atoms with Crippen LogP contribution in [0, 0.1) is 5.82 Å². The maximum absolute atomic E-state index is 13.3. The summed E-state index contributed by atoms with van der Waals surface area (Å²) in [4.78, 5) is 3.93. The Morgan fingerprint density at radius 3 is 2.44 bits per heavy atom. The van der Waals surface area contributed by atoms with Crippen molar-refractivity contribution in [2.75, 3.05) is 13.7 Å². The average molecular weight is 254 g/mol. The molecule has 0 saturated carbocycles. The molecule has 102 valence electrons. The molecule has 0 aliphatic carbocycles. The zero-order valence-electron chi connectivity index (χ0n) is 11.7. The molecule has 1 aromatic heterocycles. The fourth-order valence-electron chi connectivity index (χ4n) is 2.46. The summed E-state index contributed by atoms with van der Waals surface area (Å²) >= 11 is 0. The van der Waals surface area contributed by atoms with Gasteiger partial charge in [-0.1, -0.05) is 20.8 Å². The molecule has 0 spiro atoms. The number of nitrogens with one attached hydrogen (secondary N) is 1. The van der Waals surface area contributed by atoms with Crippen molar-refractivity contribution >= 4 is 0 Å². The van der Waals surface area contributed by atoms with E-state index >= 15 is 0 Å². The van der Waals surface area contributed by atoms with Gasteiger partial charge >= 0.3 is 0 Å². The van der Waals surface area contributed by atoms with Crippen molar-refractivity contribution < 1.29 is 9.13 Å². The van der Waals surface area contributed by atoms with Crippen LogP contribution in [0.3, 0.4) is 0 Å². The van der Waals surface area contributed by atoms with E-state index < -0.39 is 0 Å². The molecule has 3 nitrogen and oxygen atoms in total. The normalized spacial score (nSPS) is 13.6. The third kappa shape index (κ3) is 3.06. The van der Waals surface area contributed by atoms with Crippen molar-refractivity contribution in [3.63, 3.8) is 0 Å². The lowest BCUT2D eigenvalue weighted by Gasteiger charge is -2.39. The minimum absolute atomic E-state index is 0.0503. The second-order valence-corrected chi connectivity index (χ2v) is 4.40. The first-order valence-electron chi connectivity index (χ1n) is 6.52. The molecular weight excluding hydrogens is 231 g/mol. The molecule has 0 bridgehead atoms. The van der Waals surface area contributed by atoms with E-state index in [9.17, 15) is 4.39 Å².